The molecule has 0 fully saturated rings. The molecule has 2 unspecified atom stereocenters. The second kappa shape index (κ2) is 11.4. The normalized spacial score (nSPS) is 13.0. The van der Waals surface area contributed by atoms with Crippen molar-refractivity contribution in [2.45, 2.75) is 71.7 Å². The molecule has 0 aromatic heterocycles. The number of aryl methyl sites for hydroxylation is 1. The lowest BCUT2D eigenvalue weighted by molar-refractivity contribution is -0.139. The summed E-state index contributed by atoms with van der Waals surface area (Å²) in [4.78, 5) is 39.0. The molecule has 2 atom stereocenters. The van der Waals surface area contributed by atoms with Crippen LogP contribution >= 0.6 is 0 Å². The van der Waals surface area contributed by atoms with Crippen molar-refractivity contribution in [3.63, 3.8) is 0 Å². The molecule has 3 N–H and O–H groups in total. The van der Waals surface area contributed by atoms with E-state index in [0.717, 1.165) is 16.9 Å². The Morgan fingerprint density at radius 3 is 2.16 bits per heavy atom. The van der Waals surface area contributed by atoms with Crippen molar-refractivity contribution < 1.29 is 24.2 Å². The highest BCUT2D eigenvalue weighted by Gasteiger charge is 2.35. The Labute approximate surface area is 184 Å². The van der Waals surface area contributed by atoms with Gasteiger partial charge in [0.2, 0.25) is 5.91 Å². The van der Waals surface area contributed by atoms with Gasteiger partial charge in [0, 0.05) is 12.1 Å². The Morgan fingerprint density at radius 1 is 1.16 bits per heavy atom. The molecule has 0 aliphatic rings. The maximum Gasteiger partial charge on any atom is 0.408 e. The molecular weight excluding hydrogens is 398 g/mol. The predicted molar refractivity (Wildman–Crippen MR) is 118 cm³/mol. The fraction of sp³-hybridized carbons (Fsp3) is 0.522. The number of aliphatic hydroxyl groups is 1. The zero-order valence-corrected chi connectivity index (χ0v) is 19.1. The number of ether oxygens (including phenoxy) is 1. The maximum absolute atomic E-state index is 13.1. The fourth-order valence-corrected chi connectivity index (χ4v) is 2.79. The summed E-state index contributed by atoms with van der Waals surface area (Å²) in [7, 11) is 0. The molecule has 170 valence electrons. The quantitative estimate of drug-likeness (QED) is 0.432. The van der Waals surface area contributed by atoms with E-state index in [-0.39, 0.29) is 6.04 Å². The first-order valence-corrected chi connectivity index (χ1v) is 10.2. The van der Waals surface area contributed by atoms with Crippen LogP contribution in [0.3, 0.4) is 0 Å². The summed E-state index contributed by atoms with van der Waals surface area (Å²) in [6.45, 7) is 9.87. The molecule has 0 aliphatic heterocycles. The van der Waals surface area contributed by atoms with Crippen LogP contribution in [0.25, 0.3) is 0 Å². The third kappa shape index (κ3) is 7.95. The zero-order chi connectivity index (χ0) is 23.8. The topological polar surface area (TPSA) is 108 Å². The minimum absolute atomic E-state index is 0.187. The first kappa shape index (κ1) is 26.0. The van der Waals surface area contributed by atoms with Crippen LogP contribution in [0.15, 0.2) is 24.3 Å². The van der Waals surface area contributed by atoms with Crippen LogP contribution in [0.5, 0.6) is 0 Å². The smallest absolute Gasteiger partial charge is 0.408 e. The number of carbonyl (C=O) groups is 3. The molecule has 0 bridgehead atoms. The first-order valence-electron chi connectivity index (χ1n) is 10.2. The molecule has 0 aliphatic carbocycles. The van der Waals surface area contributed by atoms with Crippen molar-refractivity contribution >= 4 is 17.9 Å². The van der Waals surface area contributed by atoms with E-state index in [1.165, 1.54) is 0 Å². The van der Waals surface area contributed by atoms with E-state index in [4.69, 9.17) is 11.2 Å². The minimum Gasteiger partial charge on any atom is -0.444 e. The van der Waals surface area contributed by atoms with Crippen LogP contribution in [-0.4, -0.2) is 52.2 Å². The molecule has 0 saturated heterocycles. The number of alkyl carbamates (subject to hydrolysis) is 1. The van der Waals surface area contributed by atoms with Gasteiger partial charge in [0.1, 0.15) is 17.7 Å². The summed E-state index contributed by atoms with van der Waals surface area (Å²) >= 11 is 0. The second-order valence-electron chi connectivity index (χ2n) is 8.38. The highest BCUT2D eigenvalue weighted by molar-refractivity contribution is 5.93. The summed E-state index contributed by atoms with van der Waals surface area (Å²) in [5.41, 5.74) is 0.778. The van der Waals surface area contributed by atoms with E-state index in [0.29, 0.717) is 5.56 Å². The Morgan fingerprint density at radius 2 is 1.74 bits per heavy atom. The number of hydrogen-bond acceptors (Lipinski definition) is 5. The van der Waals surface area contributed by atoms with E-state index in [2.05, 4.69) is 16.7 Å². The number of terminal acetylenes is 1. The van der Waals surface area contributed by atoms with Crippen molar-refractivity contribution in [3.8, 4) is 12.5 Å². The minimum atomic E-state index is -1.38. The molecular formula is C23H33N3O5. The molecule has 1 rings (SSSR count). The van der Waals surface area contributed by atoms with Gasteiger partial charge in [0.15, 0.2) is 0 Å². The van der Waals surface area contributed by atoms with Crippen molar-refractivity contribution in [2.24, 2.45) is 0 Å². The van der Waals surface area contributed by atoms with Gasteiger partial charge in [-0.05, 0) is 52.2 Å². The van der Waals surface area contributed by atoms with E-state index in [9.17, 15) is 19.5 Å². The van der Waals surface area contributed by atoms with E-state index < -0.39 is 42.2 Å². The average Bonchev–Trinajstić information content (AvgIpc) is 2.67. The number of benzene rings is 1. The molecule has 31 heavy (non-hydrogen) atoms. The van der Waals surface area contributed by atoms with Gasteiger partial charge in [-0.25, -0.2) is 4.79 Å². The van der Waals surface area contributed by atoms with Gasteiger partial charge in [0.05, 0.1) is 6.61 Å². The molecule has 0 heterocycles. The molecule has 8 heteroatoms. The Hall–Kier alpha value is -3.05. The van der Waals surface area contributed by atoms with Crippen LogP contribution in [0.1, 0.15) is 58.7 Å². The Bertz CT molecular complexity index is 806. The number of nitrogens with zero attached hydrogens (tertiary/aromatic N) is 1. The SMILES string of the molecule is C#CN(C(=O)C(CO)NC(=O)OC(C)(C)C)C(C(=O)NC(C)C)c1ccc(CC)cc1. The summed E-state index contributed by atoms with van der Waals surface area (Å²) in [6.07, 6.45) is 5.54. The standard InChI is InChI=1S/C23H33N3O5/c1-8-16-10-12-17(13-11-16)19(20(28)24-15(3)4)26(9-2)21(29)18(14-27)25-22(30)31-23(5,6)7/h2,10-13,15,18-19,27H,8,14H2,1,3-7H3,(H,24,28)(H,25,30). The van der Waals surface area contributed by atoms with E-state index in [1.807, 2.05) is 19.1 Å². The zero-order valence-electron chi connectivity index (χ0n) is 19.1. The van der Waals surface area contributed by atoms with Gasteiger partial charge >= 0.3 is 6.09 Å². The monoisotopic (exact) mass is 431 g/mol. The summed E-state index contributed by atoms with van der Waals surface area (Å²) in [5, 5.41) is 14.8. The molecule has 0 radical (unpaired) electrons. The lowest BCUT2D eigenvalue weighted by Crippen LogP contribution is -2.53. The molecule has 1 aromatic rings. The lowest BCUT2D eigenvalue weighted by atomic mass is 10.0. The van der Waals surface area contributed by atoms with Crippen LogP contribution in [0.4, 0.5) is 4.79 Å². The Balaban J connectivity index is 3.25. The molecule has 0 spiro atoms. The second-order valence-corrected chi connectivity index (χ2v) is 8.38. The molecule has 1 aromatic carbocycles. The van der Waals surface area contributed by atoms with Gasteiger partial charge in [-0.15, -0.1) is 0 Å². The number of aliphatic hydroxyl groups excluding tert-OH is 1. The highest BCUT2D eigenvalue weighted by Crippen LogP contribution is 2.23. The molecule has 8 nitrogen and oxygen atoms in total. The number of carbonyl (C=O) groups excluding carboxylic acids is 3. The van der Waals surface area contributed by atoms with Gasteiger partial charge < -0.3 is 20.5 Å². The summed E-state index contributed by atoms with van der Waals surface area (Å²) in [5.74, 6) is -1.28. The van der Waals surface area contributed by atoms with E-state index >= 15 is 0 Å². The van der Waals surface area contributed by atoms with Gasteiger partial charge in [-0.1, -0.05) is 37.6 Å². The van der Waals surface area contributed by atoms with Crippen molar-refractivity contribution in [1.82, 2.24) is 15.5 Å². The summed E-state index contributed by atoms with van der Waals surface area (Å²) < 4.78 is 5.14. The first-order chi connectivity index (χ1) is 14.4. The molecule has 3 amide bonds. The lowest BCUT2D eigenvalue weighted by Gasteiger charge is -2.30. The number of rotatable bonds is 8. The van der Waals surface area contributed by atoms with Gasteiger partial charge in [0.25, 0.3) is 5.91 Å². The molecule has 0 saturated carbocycles. The van der Waals surface area contributed by atoms with Crippen LogP contribution in [-0.2, 0) is 20.7 Å². The third-order valence-corrected chi connectivity index (χ3v) is 4.19. The number of nitrogens with one attached hydrogen (secondary N) is 2. The number of amides is 3. The third-order valence-electron chi connectivity index (χ3n) is 4.19. The largest absolute Gasteiger partial charge is 0.444 e. The van der Waals surface area contributed by atoms with E-state index in [1.54, 1.807) is 46.8 Å². The highest BCUT2D eigenvalue weighted by atomic mass is 16.6. The maximum atomic E-state index is 13.1. The van der Waals surface area contributed by atoms with Crippen molar-refractivity contribution in [3.05, 3.63) is 35.4 Å². The van der Waals surface area contributed by atoms with Crippen molar-refractivity contribution in [1.29, 1.82) is 0 Å². The fourth-order valence-electron chi connectivity index (χ4n) is 2.79. The van der Waals surface area contributed by atoms with Gasteiger partial charge in [-0.2, -0.15) is 0 Å². The predicted octanol–water partition coefficient (Wildman–Crippen LogP) is 2.12. The van der Waals surface area contributed by atoms with Crippen LogP contribution in [0.2, 0.25) is 0 Å². The van der Waals surface area contributed by atoms with Gasteiger partial charge in [-0.3, -0.25) is 14.5 Å². The number of hydrogen-bond donors (Lipinski definition) is 3. The van der Waals surface area contributed by atoms with Crippen molar-refractivity contribution in [2.75, 3.05) is 6.61 Å². The average molecular weight is 432 g/mol. The Kier molecular flexibility index (Phi) is 9.53. The summed E-state index contributed by atoms with van der Waals surface area (Å²) in [6, 6.07) is 6.71. The van der Waals surface area contributed by atoms with Crippen LogP contribution in [0, 0.1) is 12.5 Å². The van der Waals surface area contributed by atoms with Crippen LogP contribution < -0.4 is 10.6 Å².